The Labute approximate surface area is 166 Å². The summed E-state index contributed by atoms with van der Waals surface area (Å²) in [6.07, 6.45) is 0. The molecule has 0 bridgehead atoms. The van der Waals surface area contributed by atoms with Crippen molar-refractivity contribution in [2.75, 3.05) is 38.2 Å². The fraction of sp³-hybridized carbons (Fsp3) is 0.529. The van der Waals surface area contributed by atoms with Gasteiger partial charge in [0.1, 0.15) is 5.75 Å². The number of benzene rings is 1. The van der Waals surface area contributed by atoms with E-state index in [0.29, 0.717) is 18.3 Å². The van der Waals surface area contributed by atoms with Crippen molar-refractivity contribution < 1.29 is 9.26 Å². The molecule has 0 aliphatic carbocycles. The number of aromatic nitrogens is 2. The van der Waals surface area contributed by atoms with Crippen LogP contribution in [0.25, 0.3) is 0 Å². The molecule has 0 amide bonds. The van der Waals surface area contributed by atoms with Crippen molar-refractivity contribution in [1.29, 1.82) is 0 Å². The molecule has 1 aliphatic heterocycles. The quantitative estimate of drug-likeness (QED) is 0.820. The van der Waals surface area contributed by atoms with Crippen molar-refractivity contribution in [2.45, 2.75) is 25.9 Å². The minimum Gasteiger partial charge on any atom is -0.497 e. The van der Waals surface area contributed by atoms with E-state index < -0.39 is 5.54 Å². The van der Waals surface area contributed by atoms with E-state index in [2.05, 4.69) is 32.1 Å². The molecule has 2 aromatic rings. The lowest BCUT2D eigenvalue weighted by molar-refractivity contribution is 0.215. The van der Waals surface area contributed by atoms with Crippen LogP contribution in [0.3, 0.4) is 0 Å². The van der Waals surface area contributed by atoms with Gasteiger partial charge >= 0.3 is 0 Å². The molecule has 1 fully saturated rings. The number of anilines is 1. The molecule has 1 aliphatic rings. The molecule has 0 spiro atoms. The van der Waals surface area contributed by atoms with Crippen LogP contribution in [-0.4, -0.2) is 48.3 Å². The number of ether oxygens (including phenoxy) is 1. The second-order valence-electron chi connectivity index (χ2n) is 6.70. The number of hydrogen-bond donors (Lipinski definition) is 1. The van der Waals surface area contributed by atoms with Crippen molar-refractivity contribution in [3.63, 3.8) is 0 Å². The van der Waals surface area contributed by atoms with Crippen molar-refractivity contribution in [2.24, 2.45) is 5.73 Å². The second-order valence-corrected chi connectivity index (χ2v) is 6.70. The Balaban J connectivity index is 0.00000169. The van der Waals surface area contributed by atoms with Crippen molar-refractivity contribution in [1.82, 2.24) is 15.0 Å². The number of rotatable bonds is 5. The zero-order chi connectivity index (χ0) is 17.2. The summed E-state index contributed by atoms with van der Waals surface area (Å²) in [5.74, 6) is 2.06. The molecular weight excluding hydrogens is 377 g/mol. The van der Waals surface area contributed by atoms with E-state index in [0.717, 1.165) is 31.9 Å². The Hall–Kier alpha value is -1.54. The lowest BCUT2D eigenvalue weighted by Gasteiger charge is -2.35. The third kappa shape index (κ3) is 5.48. The Morgan fingerprint density at radius 1 is 1.19 bits per heavy atom. The first-order valence-electron chi connectivity index (χ1n) is 8.19. The Kier molecular flexibility index (Phi) is 8.15. The van der Waals surface area contributed by atoms with E-state index in [1.807, 2.05) is 26.0 Å². The summed E-state index contributed by atoms with van der Waals surface area (Å²) in [5, 5.41) is 3.97. The van der Waals surface area contributed by atoms with Crippen molar-refractivity contribution in [3.05, 3.63) is 36.0 Å². The van der Waals surface area contributed by atoms with Gasteiger partial charge < -0.3 is 19.9 Å². The van der Waals surface area contributed by atoms with Gasteiger partial charge in [-0.25, -0.2) is 0 Å². The zero-order valence-corrected chi connectivity index (χ0v) is 17.0. The fourth-order valence-corrected chi connectivity index (χ4v) is 2.74. The summed E-state index contributed by atoms with van der Waals surface area (Å²) >= 11 is 0. The van der Waals surface area contributed by atoms with Gasteiger partial charge in [-0.05, 0) is 26.0 Å². The molecule has 0 saturated carbocycles. The second kappa shape index (κ2) is 9.41. The van der Waals surface area contributed by atoms with E-state index in [1.54, 1.807) is 7.11 Å². The van der Waals surface area contributed by atoms with Gasteiger partial charge in [0.15, 0.2) is 5.82 Å². The summed E-state index contributed by atoms with van der Waals surface area (Å²) < 4.78 is 10.6. The predicted octanol–water partition coefficient (Wildman–Crippen LogP) is 2.44. The number of hydrogen-bond acceptors (Lipinski definition) is 7. The van der Waals surface area contributed by atoms with Crippen LogP contribution >= 0.6 is 24.8 Å². The summed E-state index contributed by atoms with van der Waals surface area (Å²) in [5.41, 5.74) is 6.61. The largest absolute Gasteiger partial charge is 0.497 e. The first kappa shape index (κ1) is 22.5. The van der Waals surface area contributed by atoms with Crippen LogP contribution in [0.1, 0.15) is 25.6 Å². The van der Waals surface area contributed by atoms with Gasteiger partial charge in [0.05, 0.1) is 19.2 Å². The lowest BCUT2D eigenvalue weighted by Crippen LogP contribution is -2.46. The molecule has 0 atom stereocenters. The molecule has 3 rings (SSSR count). The van der Waals surface area contributed by atoms with Crippen LogP contribution in [0.2, 0.25) is 0 Å². The zero-order valence-electron chi connectivity index (χ0n) is 15.3. The molecule has 0 unspecified atom stereocenters. The van der Waals surface area contributed by atoms with Gasteiger partial charge in [-0.3, -0.25) is 4.90 Å². The molecule has 1 aromatic heterocycles. The van der Waals surface area contributed by atoms with Gasteiger partial charge in [-0.1, -0.05) is 11.2 Å². The topological polar surface area (TPSA) is 80.7 Å². The standard InChI is InChI=1S/C17H25N5O2.2ClH/c1-17(2,18)16-19-15(24-20-16)12-21-7-9-22(10-8-21)13-5-4-6-14(11-13)23-3;;/h4-6,11H,7-10,12,18H2,1-3H3;2*1H. The van der Waals surface area contributed by atoms with Gasteiger partial charge in [-0.2, -0.15) is 4.98 Å². The van der Waals surface area contributed by atoms with E-state index in [9.17, 15) is 0 Å². The molecule has 0 radical (unpaired) electrons. The summed E-state index contributed by atoms with van der Waals surface area (Å²) in [4.78, 5) is 9.08. The van der Waals surface area contributed by atoms with E-state index >= 15 is 0 Å². The van der Waals surface area contributed by atoms with Crippen LogP contribution in [0.5, 0.6) is 5.75 Å². The van der Waals surface area contributed by atoms with Crippen LogP contribution in [0, 0.1) is 0 Å². The predicted molar refractivity (Wildman–Crippen MR) is 106 cm³/mol. The average molecular weight is 404 g/mol. The maximum absolute atomic E-state index is 5.99. The molecule has 26 heavy (non-hydrogen) atoms. The van der Waals surface area contributed by atoms with Gasteiger partial charge in [-0.15, -0.1) is 24.8 Å². The Morgan fingerprint density at radius 3 is 2.46 bits per heavy atom. The Bertz CT molecular complexity index is 682. The van der Waals surface area contributed by atoms with Crippen molar-refractivity contribution >= 4 is 30.5 Å². The molecule has 1 saturated heterocycles. The first-order valence-corrected chi connectivity index (χ1v) is 8.19. The minimum atomic E-state index is -0.577. The van der Waals surface area contributed by atoms with Crippen LogP contribution < -0.4 is 15.4 Å². The maximum Gasteiger partial charge on any atom is 0.240 e. The van der Waals surface area contributed by atoms with Crippen molar-refractivity contribution in [3.8, 4) is 5.75 Å². The third-order valence-electron chi connectivity index (χ3n) is 4.19. The summed E-state index contributed by atoms with van der Waals surface area (Å²) in [6, 6.07) is 8.18. The average Bonchev–Trinajstić information content (AvgIpc) is 3.04. The Morgan fingerprint density at radius 2 is 1.88 bits per heavy atom. The van der Waals surface area contributed by atoms with Gasteiger partial charge in [0, 0.05) is 37.9 Å². The summed E-state index contributed by atoms with van der Waals surface area (Å²) in [6.45, 7) is 8.20. The number of nitrogens with zero attached hydrogens (tertiary/aromatic N) is 4. The first-order chi connectivity index (χ1) is 11.5. The summed E-state index contributed by atoms with van der Waals surface area (Å²) in [7, 11) is 1.69. The molecule has 9 heteroatoms. The van der Waals surface area contributed by atoms with E-state index in [4.69, 9.17) is 15.0 Å². The van der Waals surface area contributed by atoms with Crippen LogP contribution in [0.4, 0.5) is 5.69 Å². The van der Waals surface area contributed by atoms with Gasteiger partial charge in [0.2, 0.25) is 5.89 Å². The van der Waals surface area contributed by atoms with E-state index in [-0.39, 0.29) is 24.8 Å². The van der Waals surface area contributed by atoms with Crippen LogP contribution in [0.15, 0.2) is 28.8 Å². The normalized spacial score (nSPS) is 15.2. The van der Waals surface area contributed by atoms with Gasteiger partial charge in [0.25, 0.3) is 0 Å². The molecular formula is C17H27Cl2N5O2. The minimum absolute atomic E-state index is 0. The molecule has 2 N–H and O–H groups in total. The maximum atomic E-state index is 5.99. The molecule has 1 aromatic carbocycles. The SMILES string of the molecule is COc1cccc(N2CCN(Cc3nc(C(C)(C)N)no3)CC2)c1.Cl.Cl. The molecule has 7 nitrogen and oxygen atoms in total. The van der Waals surface area contributed by atoms with E-state index in [1.165, 1.54) is 5.69 Å². The third-order valence-corrected chi connectivity index (χ3v) is 4.19. The highest BCUT2D eigenvalue weighted by Gasteiger charge is 2.24. The number of methoxy groups -OCH3 is 1. The lowest BCUT2D eigenvalue weighted by atomic mass is 10.1. The highest BCUT2D eigenvalue weighted by molar-refractivity contribution is 5.85. The number of piperazine rings is 1. The highest BCUT2D eigenvalue weighted by Crippen LogP contribution is 2.22. The fourth-order valence-electron chi connectivity index (χ4n) is 2.74. The highest BCUT2D eigenvalue weighted by atomic mass is 35.5. The monoisotopic (exact) mass is 403 g/mol. The molecule has 2 heterocycles. The smallest absolute Gasteiger partial charge is 0.240 e. The number of halogens is 2. The number of nitrogens with two attached hydrogens (primary N) is 1. The molecule has 146 valence electrons. The van der Waals surface area contributed by atoms with Crippen LogP contribution in [-0.2, 0) is 12.1 Å².